The van der Waals surface area contributed by atoms with E-state index in [0.29, 0.717) is 0 Å². The summed E-state index contributed by atoms with van der Waals surface area (Å²) in [6.07, 6.45) is 0.685. The lowest BCUT2D eigenvalue weighted by Gasteiger charge is -2.64. The van der Waals surface area contributed by atoms with Crippen molar-refractivity contribution >= 4 is 0 Å². The van der Waals surface area contributed by atoms with Crippen LogP contribution in [0.3, 0.4) is 0 Å². The minimum atomic E-state index is -1.56. The quantitative estimate of drug-likeness (QED) is 0.493. The van der Waals surface area contributed by atoms with E-state index in [-0.39, 0.29) is 17.8 Å². The highest BCUT2D eigenvalue weighted by Crippen LogP contribution is 2.63. The minimum absolute atomic E-state index is 0.124. The summed E-state index contributed by atoms with van der Waals surface area (Å²) in [5.41, 5.74) is -3.68. The summed E-state index contributed by atoms with van der Waals surface area (Å²) in [7, 11) is 0. The lowest BCUT2D eigenvalue weighted by molar-refractivity contribution is -0.272. The van der Waals surface area contributed by atoms with Gasteiger partial charge in [0, 0.05) is 0 Å². The average molecular weight is 357 g/mol. The molecule has 2 aliphatic carbocycles. The number of fused-ring (bicyclic) bond motifs is 1. The zero-order valence-electron chi connectivity index (χ0n) is 16.2. The third kappa shape index (κ3) is 3.19. The Hall–Kier alpha value is -0.460. The van der Waals surface area contributed by atoms with Gasteiger partial charge in [0.25, 0.3) is 0 Å². The maximum atomic E-state index is 11.1. The molecule has 25 heavy (non-hydrogen) atoms. The maximum Gasteiger partial charge on any atom is 0.109 e. The molecule has 5 N–H and O–H groups in total. The third-order valence-corrected chi connectivity index (χ3v) is 7.40. The first kappa shape index (κ1) is 20.8. The van der Waals surface area contributed by atoms with Crippen LogP contribution in [0.4, 0.5) is 0 Å². The van der Waals surface area contributed by atoms with Crippen molar-refractivity contribution in [1.82, 2.24) is 0 Å². The van der Waals surface area contributed by atoms with Crippen molar-refractivity contribution in [2.45, 2.75) is 89.8 Å². The minimum Gasteiger partial charge on any atom is -0.390 e. The molecule has 0 aliphatic heterocycles. The van der Waals surface area contributed by atoms with Crippen LogP contribution < -0.4 is 0 Å². The first-order valence-electron chi connectivity index (χ1n) is 9.34. The summed E-state index contributed by atoms with van der Waals surface area (Å²) < 4.78 is 0. The summed E-state index contributed by atoms with van der Waals surface area (Å²) in [5.74, 6) is -0.667. The number of hydrogen-bond donors (Lipinski definition) is 5. The zero-order chi connectivity index (χ0) is 19.4. The molecule has 0 bridgehead atoms. The van der Waals surface area contributed by atoms with Gasteiger partial charge >= 0.3 is 0 Å². The molecule has 2 fully saturated rings. The molecule has 0 unspecified atom stereocenters. The van der Waals surface area contributed by atoms with Gasteiger partial charge in [0.2, 0.25) is 0 Å². The Morgan fingerprint density at radius 1 is 1.20 bits per heavy atom. The van der Waals surface area contributed by atoms with Crippen LogP contribution in [0, 0.1) is 22.7 Å². The lowest BCUT2D eigenvalue weighted by atomic mass is 9.43. The van der Waals surface area contributed by atoms with Crippen LogP contribution in [0.1, 0.15) is 60.3 Å². The summed E-state index contributed by atoms with van der Waals surface area (Å²) in [5, 5.41) is 53.5. The molecule has 0 saturated heterocycles. The van der Waals surface area contributed by atoms with Crippen LogP contribution in [-0.4, -0.2) is 55.0 Å². The first-order chi connectivity index (χ1) is 11.2. The molecule has 2 saturated carbocycles. The van der Waals surface area contributed by atoms with E-state index in [2.05, 4.69) is 20.4 Å². The molecule has 0 aromatic heterocycles. The zero-order valence-corrected chi connectivity index (χ0v) is 16.2. The van der Waals surface area contributed by atoms with Crippen molar-refractivity contribution < 1.29 is 25.5 Å². The van der Waals surface area contributed by atoms with Crippen LogP contribution in [0.5, 0.6) is 0 Å². The van der Waals surface area contributed by atoms with Crippen molar-refractivity contribution in [3.05, 3.63) is 12.7 Å². The van der Waals surface area contributed by atoms with E-state index in [4.69, 9.17) is 0 Å². The monoisotopic (exact) mass is 356 g/mol. The Labute approximate surface area is 151 Å². The van der Waals surface area contributed by atoms with Gasteiger partial charge in [0.05, 0.1) is 17.8 Å². The van der Waals surface area contributed by atoms with Crippen LogP contribution in [-0.2, 0) is 0 Å². The maximum absolute atomic E-state index is 11.1. The van der Waals surface area contributed by atoms with Gasteiger partial charge in [-0.15, -0.1) is 6.58 Å². The van der Waals surface area contributed by atoms with Gasteiger partial charge in [-0.3, -0.25) is 0 Å². The van der Waals surface area contributed by atoms with Gasteiger partial charge < -0.3 is 25.5 Å². The number of aliphatic hydroxyl groups is 5. The van der Waals surface area contributed by atoms with Crippen molar-refractivity contribution in [2.75, 3.05) is 0 Å². The highest BCUT2D eigenvalue weighted by Gasteiger charge is 2.65. The summed E-state index contributed by atoms with van der Waals surface area (Å²) in [6.45, 7) is 12.8. The highest BCUT2D eigenvalue weighted by molar-refractivity contribution is 5.15. The fourth-order valence-corrected chi connectivity index (χ4v) is 5.88. The van der Waals surface area contributed by atoms with E-state index < -0.39 is 40.8 Å². The molecule has 0 spiro atoms. The highest BCUT2D eigenvalue weighted by atomic mass is 16.4. The Kier molecular flexibility index (Phi) is 5.26. The van der Waals surface area contributed by atoms with Crippen molar-refractivity contribution in [3.63, 3.8) is 0 Å². The fraction of sp³-hybridized carbons (Fsp3) is 0.900. The third-order valence-electron chi connectivity index (χ3n) is 7.40. The Bertz CT molecular complexity index is 512. The summed E-state index contributed by atoms with van der Waals surface area (Å²) >= 11 is 0. The van der Waals surface area contributed by atoms with Crippen LogP contribution >= 0.6 is 0 Å². The van der Waals surface area contributed by atoms with Gasteiger partial charge in [-0.2, -0.15) is 0 Å². The van der Waals surface area contributed by atoms with Gasteiger partial charge in [-0.1, -0.05) is 33.3 Å². The van der Waals surface area contributed by atoms with Gasteiger partial charge in [0.15, 0.2) is 0 Å². The smallest absolute Gasteiger partial charge is 0.109 e. The second kappa shape index (κ2) is 6.31. The topological polar surface area (TPSA) is 101 Å². The van der Waals surface area contributed by atoms with Crippen molar-refractivity contribution in [3.8, 4) is 0 Å². The molecular formula is C20H36O5. The first-order valence-corrected chi connectivity index (χ1v) is 9.34. The molecule has 0 heterocycles. The fourth-order valence-electron chi connectivity index (χ4n) is 5.88. The van der Waals surface area contributed by atoms with E-state index >= 15 is 0 Å². The Morgan fingerprint density at radius 3 is 2.28 bits per heavy atom. The van der Waals surface area contributed by atoms with Crippen LogP contribution in [0.2, 0.25) is 0 Å². The predicted octanol–water partition coefficient (Wildman–Crippen LogP) is 1.61. The molecule has 5 nitrogen and oxygen atoms in total. The predicted molar refractivity (Wildman–Crippen MR) is 96.8 cm³/mol. The molecular weight excluding hydrogens is 320 g/mol. The second-order valence-corrected chi connectivity index (χ2v) is 9.72. The summed E-state index contributed by atoms with van der Waals surface area (Å²) in [4.78, 5) is 0. The molecule has 2 rings (SSSR count). The number of hydrogen-bond acceptors (Lipinski definition) is 5. The van der Waals surface area contributed by atoms with Crippen molar-refractivity contribution in [2.24, 2.45) is 22.7 Å². The lowest BCUT2D eigenvalue weighted by Crippen LogP contribution is -2.70. The number of aliphatic hydroxyl groups excluding tert-OH is 3. The van der Waals surface area contributed by atoms with Crippen molar-refractivity contribution in [1.29, 1.82) is 0 Å². The number of rotatable bonds is 4. The van der Waals surface area contributed by atoms with Gasteiger partial charge in [-0.25, -0.2) is 0 Å². The van der Waals surface area contributed by atoms with E-state index in [9.17, 15) is 25.5 Å². The van der Waals surface area contributed by atoms with E-state index in [1.165, 1.54) is 19.9 Å². The second-order valence-electron chi connectivity index (χ2n) is 9.72. The molecule has 0 aromatic carbocycles. The van der Waals surface area contributed by atoms with E-state index in [1.54, 1.807) is 0 Å². The largest absolute Gasteiger partial charge is 0.390 e. The molecule has 0 radical (unpaired) electrons. The SMILES string of the molecule is C=C[C@@](C)(O)[C@@H](O)C[C@H]1[C@](C)(O)[C@@H](O)[C@@H](O)[C@@H]2C(C)(C)CCC[C@@]21C. The molecule has 5 heteroatoms. The van der Waals surface area contributed by atoms with E-state index in [1.807, 2.05) is 6.92 Å². The Balaban J connectivity index is 2.49. The average Bonchev–Trinajstić information content (AvgIpc) is 2.48. The van der Waals surface area contributed by atoms with Crippen LogP contribution in [0.25, 0.3) is 0 Å². The standard InChI is InChI=1S/C20H36O5/c1-7-19(5,24)13(21)11-12-18(4)10-8-9-17(2,3)15(18)14(22)16(23)20(12,6)25/h7,12-16,21-25H,1,8-11H2,2-6H3/t12-,13+,14+,15-,16+,18-,19-,20+/m1/s1. The molecule has 0 amide bonds. The van der Waals surface area contributed by atoms with E-state index in [0.717, 1.165) is 19.3 Å². The normalized spacial score (nSPS) is 47.4. The Morgan fingerprint density at radius 2 is 1.76 bits per heavy atom. The molecule has 2 aliphatic rings. The molecule has 146 valence electrons. The summed E-state index contributed by atoms with van der Waals surface area (Å²) in [6, 6.07) is 0. The molecule has 0 aromatic rings. The molecule has 8 atom stereocenters. The van der Waals surface area contributed by atoms with Crippen LogP contribution in [0.15, 0.2) is 12.7 Å². The van der Waals surface area contributed by atoms with Gasteiger partial charge in [-0.05, 0) is 55.8 Å². The van der Waals surface area contributed by atoms with Gasteiger partial charge in [0.1, 0.15) is 11.7 Å².